The first kappa shape index (κ1) is 17.0. The van der Waals surface area contributed by atoms with Crippen LogP contribution in [-0.2, 0) is 14.4 Å². The van der Waals surface area contributed by atoms with Gasteiger partial charge >= 0.3 is 6.09 Å². The van der Waals surface area contributed by atoms with Crippen molar-refractivity contribution >= 4 is 33.5 Å². The van der Waals surface area contributed by atoms with E-state index in [0.29, 0.717) is 19.6 Å². The first-order chi connectivity index (χ1) is 11.5. The number of halogens is 1. The topological polar surface area (TPSA) is 59.1 Å². The Balaban J connectivity index is 1.95. The summed E-state index contributed by atoms with van der Waals surface area (Å²) < 4.78 is 5.66. The van der Waals surface area contributed by atoms with Crippen LogP contribution in [0.4, 0.5) is 10.5 Å². The summed E-state index contributed by atoms with van der Waals surface area (Å²) >= 11 is 3.54. The van der Waals surface area contributed by atoms with E-state index < -0.39 is 6.09 Å². The number of ketones is 1. The normalized spacial score (nSPS) is 23.4. The van der Waals surface area contributed by atoms with Gasteiger partial charge in [-0.3, -0.25) is 14.5 Å². The summed E-state index contributed by atoms with van der Waals surface area (Å²) in [6.45, 7) is 2.46. The lowest BCUT2D eigenvalue weighted by molar-refractivity contribution is -0.120. The summed E-state index contributed by atoms with van der Waals surface area (Å²) in [5.74, 6) is -0.187. The smallest absolute Gasteiger partial charge is 0.413 e. The molecule has 0 N–H and O–H groups in total. The highest BCUT2D eigenvalue weighted by Gasteiger charge is 2.43. The van der Waals surface area contributed by atoms with Crippen molar-refractivity contribution in [2.45, 2.75) is 19.4 Å². The van der Waals surface area contributed by atoms with Gasteiger partial charge in [-0.1, -0.05) is 12.1 Å². The average molecular weight is 395 g/mol. The van der Waals surface area contributed by atoms with E-state index in [0.717, 1.165) is 15.7 Å². The van der Waals surface area contributed by atoms with Crippen molar-refractivity contribution in [1.29, 1.82) is 0 Å². The minimum Gasteiger partial charge on any atom is -0.452 e. The number of methoxy groups -OCH3 is 1. The Labute approximate surface area is 149 Å². The maximum Gasteiger partial charge on any atom is 0.413 e. The van der Waals surface area contributed by atoms with Crippen LogP contribution in [0, 0.1) is 5.92 Å². The molecular weight excluding hydrogens is 376 g/mol. The molecule has 0 aliphatic carbocycles. The number of rotatable bonds is 3. The summed E-state index contributed by atoms with van der Waals surface area (Å²) in [5.41, 5.74) is 1.86. The Hall–Kier alpha value is -1.86. The molecule has 1 fully saturated rings. The molecule has 1 saturated heterocycles. The molecule has 2 aliphatic heterocycles. The zero-order chi connectivity index (χ0) is 17.3. The lowest BCUT2D eigenvalue weighted by Crippen LogP contribution is -2.36. The molecule has 0 radical (unpaired) electrons. The third-order valence-electron chi connectivity index (χ3n) is 4.39. The molecule has 7 heteroatoms. The van der Waals surface area contributed by atoms with E-state index in [9.17, 15) is 9.59 Å². The monoisotopic (exact) mass is 394 g/mol. The largest absolute Gasteiger partial charge is 0.452 e. The number of carbonyl (C=O) groups excluding carboxylic acids is 2. The van der Waals surface area contributed by atoms with Crippen LogP contribution in [0.5, 0.6) is 0 Å². The van der Waals surface area contributed by atoms with E-state index in [-0.39, 0.29) is 17.7 Å². The van der Waals surface area contributed by atoms with Crippen LogP contribution >= 0.6 is 15.9 Å². The van der Waals surface area contributed by atoms with Crippen LogP contribution in [0.1, 0.15) is 13.3 Å². The molecule has 1 aromatic carbocycles. The van der Waals surface area contributed by atoms with Gasteiger partial charge in [0.2, 0.25) is 0 Å². The van der Waals surface area contributed by atoms with Crippen molar-refractivity contribution in [1.82, 2.24) is 4.90 Å². The van der Waals surface area contributed by atoms with Crippen LogP contribution in [0.15, 0.2) is 40.5 Å². The number of anilines is 1. The van der Waals surface area contributed by atoms with Gasteiger partial charge in [-0.2, -0.15) is 0 Å². The van der Waals surface area contributed by atoms with Gasteiger partial charge in [-0.05, 0) is 47.0 Å². The maximum absolute atomic E-state index is 12.1. The lowest BCUT2D eigenvalue weighted by atomic mass is 9.90. The highest BCUT2D eigenvalue weighted by Crippen LogP contribution is 2.38. The van der Waals surface area contributed by atoms with Crippen molar-refractivity contribution in [2.24, 2.45) is 5.92 Å². The van der Waals surface area contributed by atoms with Gasteiger partial charge < -0.3 is 4.74 Å². The van der Waals surface area contributed by atoms with E-state index in [4.69, 9.17) is 9.57 Å². The maximum atomic E-state index is 12.1. The number of hydroxylamine groups is 1. The molecule has 0 spiro atoms. The van der Waals surface area contributed by atoms with Gasteiger partial charge in [0.1, 0.15) is 5.78 Å². The number of hydrogen-bond acceptors (Lipinski definition) is 5. The van der Waals surface area contributed by atoms with Gasteiger partial charge in [0.05, 0.1) is 31.4 Å². The van der Waals surface area contributed by atoms with Crippen LogP contribution < -0.4 is 5.06 Å². The van der Waals surface area contributed by atoms with Crippen LogP contribution in [0.25, 0.3) is 0 Å². The number of para-hydroxylation sites is 1. The van der Waals surface area contributed by atoms with Gasteiger partial charge in [0.15, 0.2) is 0 Å². The molecule has 0 aromatic heterocycles. The number of nitrogens with zero attached hydrogens (tertiary/aromatic N) is 2. The second-order valence-electron chi connectivity index (χ2n) is 5.85. The van der Waals surface area contributed by atoms with Crippen molar-refractivity contribution < 1.29 is 19.2 Å². The first-order valence-corrected chi connectivity index (χ1v) is 8.54. The summed E-state index contributed by atoms with van der Waals surface area (Å²) in [6, 6.07) is 7.49. The van der Waals surface area contributed by atoms with Gasteiger partial charge in [-0.25, -0.2) is 9.86 Å². The van der Waals surface area contributed by atoms with Gasteiger partial charge in [0, 0.05) is 17.2 Å². The second kappa shape index (κ2) is 6.94. The summed E-state index contributed by atoms with van der Waals surface area (Å²) in [7, 11) is 1.36. The fourth-order valence-electron chi connectivity index (χ4n) is 3.16. The molecule has 1 amide bonds. The standard InChI is InChI=1S/C17H19BrN2O4/c1-11(21)13-10-24-20(15-6-4-3-5-14(15)18)16(13)12-7-8-19(9-12)17(22)23-2/h3-6,9,13,16H,7-8,10H2,1-2H3/t13-,16+/m0/s1. The average Bonchev–Trinajstić information content (AvgIpc) is 3.21. The predicted octanol–water partition coefficient (Wildman–Crippen LogP) is 3.13. The van der Waals surface area contributed by atoms with Crippen molar-refractivity contribution in [3.05, 3.63) is 40.5 Å². The molecule has 3 rings (SSSR count). The number of hydrogen-bond donors (Lipinski definition) is 0. The zero-order valence-electron chi connectivity index (χ0n) is 13.6. The van der Waals surface area contributed by atoms with E-state index in [1.165, 1.54) is 12.0 Å². The van der Waals surface area contributed by atoms with E-state index in [1.54, 1.807) is 18.2 Å². The molecule has 0 saturated carbocycles. The Kier molecular flexibility index (Phi) is 4.91. The molecule has 6 nitrogen and oxygen atoms in total. The fourth-order valence-corrected chi connectivity index (χ4v) is 3.62. The number of benzene rings is 1. The fraction of sp³-hybridized carbons (Fsp3) is 0.412. The third-order valence-corrected chi connectivity index (χ3v) is 5.06. The number of ether oxygens (including phenoxy) is 1. The summed E-state index contributed by atoms with van der Waals surface area (Å²) in [4.78, 5) is 31.2. The molecule has 24 heavy (non-hydrogen) atoms. The molecule has 0 bridgehead atoms. The number of carbonyl (C=O) groups is 2. The zero-order valence-corrected chi connectivity index (χ0v) is 15.2. The van der Waals surface area contributed by atoms with Crippen LogP contribution in [0.2, 0.25) is 0 Å². The number of amides is 1. The molecule has 0 unspecified atom stereocenters. The lowest BCUT2D eigenvalue weighted by Gasteiger charge is -2.28. The minimum absolute atomic E-state index is 0.0759. The van der Waals surface area contributed by atoms with E-state index in [2.05, 4.69) is 15.9 Å². The van der Waals surface area contributed by atoms with E-state index >= 15 is 0 Å². The SMILES string of the molecule is COC(=O)N1C=C([C@@H]2[C@H](C(C)=O)CON2c2ccccc2Br)CC1. The van der Waals surface area contributed by atoms with Crippen LogP contribution in [0.3, 0.4) is 0 Å². The quantitative estimate of drug-likeness (QED) is 0.787. The van der Waals surface area contributed by atoms with Gasteiger partial charge in [0.25, 0.3) is 0 Å². The molecule has 1 aromatic rings. The molecule has 128 valence electrons. The van der Waals surface area contributed by atoms with E-state index in [1.807, 2.05) is 24.3 Å². The molecule has 2 atom stereocenters. The second-order valence-corrected chi connectivity index (χ2v) is 6.71. The number of Topliss-reactive ketones (excluding diaryl/α,β-unsaturated/α-hetero) is 1. The van der Waals surface area contributed by atoms with Crippen molar-refractivity contribution in [3.8, 4) is 0 Å². The molecular formula is C17H19BrN2O4. The van der Waals surface area contributed by atoms with Crippen molar-refractivity contribution in [2.75, 3.05) is 25.3 Å². The third kappa shape index (κ3) is 3.06. The Morgan fingerprint density at radius 3 is 2.75 bits per heavy atom. The van der Waals surface area contributed by atoms with Gasteiger partial charge in [-0.15, -0.1) is 0 Å². The molecule has 2 aliphatic rings. The highest BCUT2D eigenvalue weighted by atomic mass is 79.9. The summed E-state index contributed by atoms with van der Waals surface area (Å²) in [5, 5.41) is 1.78. The first-order valence-electron chi connectivity index (χ1n) is 7.75. The Morgan fingerprint density at radius 1 is 1.33 bits per heavy atom. The minimum atomic E-state index is -0.393. The van der Waals surface area contributed by atoms with Crippen LogP contribution in [-0.4, -0.2) is 43.1 Å². The Morgan fingerprint density at radius 2 is 2.08 bits per heavy atom. The highest BCUT2D eigenvalue weighted by molar-refractivity contribution is 9.10. The Bertz CT molecular complexity index is 691. The predicted molar refractivity (Wildman–Crippen MR) is 92.3 cm³/mol. The summed E-state index contributed by atoms with van der Waals surface area (Å²) in [6.07, 6.45) is 2.08. The van der Waals surface area contributed by atoms with Crippen molar-refractivity contribution in [3.63, 3.8) is 0 Å². The molecule has 2 heterocycles.